The fourth-order valence-corrected chi connectivity index (χ4v) is 3.82. The maximum atomic E-state index is 11.0. The van der Waals surface area contributed by atoms with Crippen LogP contribution in [0.3, 0.4) is 0 Å². The van der Waals surface area contributed by atoms with Gasteiger partial charge in [-0.15, -0.1) is 0 Å². The minimum atomic E-state index is -0.670. The van der Waals surface area contributed by atoms with Crippen LogP contribution in [-0.2, 0) is 13.1 Å². The van der Waals surface area contributed by atoms with E-state index in [1.165, 1.54) is 33.9 Å². The molecule has 0 saturated carbocycles. The van der Waals surface area contributed by atoms with Gasteiger partial charge in [0.2, 0.25) is 0 Å². The lowest BCUT2D eigenvalue weighted by Crippen LogP contribution is -2.50. The fourth-order valence-electron chi connectivity index (χ4n) is 3.82. The van der Waals surface area contributed by atoms with Crippen molar-refractivity contribution in [1.29, 1.82) is 0 Å². The molecule has 2 heterocycles. The molecule has 4 N–H and O–H groups in total. The molecule has 0 fully saturated rings. The topological polar surface area (TPSA) is 211 Å². The molecule has 0 radical (unpaired) electrons. The predicted octanol–water partition coefficient (Wildman–Crippen LogP) is 2.16. The van der Waals surface area contributed by atoms with Gasteiger partial charge in [-0.3, -0.25) is 0 Å². The van der Waals surface area contributed by atoms with Crippen molar-refractivity contribution in [2.45, 2.75) is 71.1 Å². The molecule has 0 aliphatic heterocycles. The number of hydrogen-bond acceptors (Lipinski definition) is 12. The van der Waals surface area contributed by atoms with Crippen LogP contribution >= 0.6 is 0 Å². The number of imidazole rings is 2. The number of aryl methyl sites for hydroxylation is 2. The van der Waals surface area contributed by atoms with Crippen molar-refractivity contribution in [2.75, 3.05) is 13.1 Å². The van der Waals surface area contributed by atoms with Gasteiger partial charge in [0.05, 0.1) is 35.6 Å². The number of nitro groups is 2. The van der Waals surface area contributed by atoms with Gasteiger partial charge in [-0.05, 0) is 57.1 Å². The average molecular weight is 523 g/mol. The van der Waals surface area contributed by atoms with Crippen LogP contribution in [0.25, 0.3) is 0 Å². The van der Waals surface area contributed by atoms with Crippen LogP contribution in [-0.4, -0.2) is 75.0 Å². The number of aromatic nitrogens is 4. The Morgan fingerprint density at radius 1 is 0.865 bits per heavy atom. The Morgan fingerprint density at radius 2 is 1.24 bits per heavy atom. The van der Waals surface area contributed by atoms with Crippen molar-refractivity contribution in [3.8, 4) is 0 Å². The third-order valence-corrected chi connectivity index (χ3v) is 6.06. The number of rotatable bonds is 16. The molecule has 0 saturated heterocycles. The lowest BCUT2D eigenvalue weighted by Gasteiger charge is -2.29. The zero-order valence-electron chi connectivity index (χ0n) is 21.4. The molecule has 16 heteroatoms. The Bertz CT molecular complexity index is 1030. The summed E-state index contributed by atoms with van der Waals surface area (Å²) in [5, 5.41) is 54.6. The predicted molar refractivity (Wildman–Crippen MR) is 134 cm³/mol. The van der Waals surface area contributed by atoms with E-state index in [0.717, 1.165) is 0 Å². The quantitative estimate of drug-likeness (QED) is 0.0829. The minimum absolute atomic E-state index is 0.238. The molecule has 0 aliphatic carbocycles. The number of hydrogen-bond donors (Lipinski definition) is 4. The molecule has 0 amide bonds. The van der Waals surface area contributed by atoms with E-state index in [2.05, 4.69) is 30.9 Å². The van der Waals surface area contributed by atoms with Crippen molar-refractivity contribution >= 4 is 23.3 Å². The van der Waals surface area contributed by atoms with E-state index in [0.29, 0.717) is 30.9 Å². The Hall–Kier alpha value is -3.92. The molecule has 16 nitrogen and oxygen atoms in total. The second-order valence-electron chi connectivity index (χ2n) is 9.41. The summed E-state index contributed by atoms with van der Waals surface area (Å²) in [4.78, 5) is 28.3. The zero-order chi connectivity index (χ0) is 27.6. The van der Waals surface area contributed by atoms with E-state index in [9.17, 15) is 30.6 Å². The summed E-state index contributed by atoms with van der Waals surface area (Å²) in [6.45, 7) is 9.02. The summed E-state index contributed by atoms with van der Waals surface area (Å²) < 4.78 is 2.77. The van der Waals surface area contributed by atoms with E-state index in [1.54, 1.807) is 0 Å². The Balaban J connectivity index is 1.81. The Morgan fingerprint density at radius 3 is 1.57 bits per heavy atom. The van der Waals surface area contributed by atoms with Crippen molar-refractivity contribution in [3.63, 3.8) is 0 Å². The van der Waals surface area contributed by atoms with E-state index < -0.39 is 20.9 Å². The molecule has 2 aromatic heterocycles. The molecular formula is C21H34N10O6. The van der Waals surface area contributed by atoms with Gasteiger partial charge in [0.1, 0.15) is 24.8 Å². The normalized spacial score (nSPS) is 13.2. The number of nitrogens with zero attached hydrogens (tertiary/aromatic N) is 8. The Labute approximate surface area is 213 Å². The van der Waals surface area contributed by atoms with E-state index in [4.69, 9.17) is 0 Å². The summed E-state index contributed by atoms with van der Waals surface area (Å²) in [5.74, 6) is -0.545. The van der Waals surface area contributed by atoms with Crippen molar-refractivity contribution in [1.82, 2.24) is 29.7 Å². The number of nitrogens with one attached hydrogen (secondary N) is 2. The van der Waals surface area contributed by atoms with Crippen molar-refractivity contribution in [3.05, 3.63) is 45.0 Å². The van der Waals surface area contributed by atoms with Crippen LogP contribution in [0.2, 0.25) is 0 Å². The van der Waals surface area contributed by atoms with Gasteiger partial charge < -0.3 is 41.3 Å². The summed E-state index contributed by atoms with van der Waals surface area (Å²) >= 11 is 0. The molecule has 2 aromatic rings. The maximum absolute atomic E-state index is 11.0. The van der Waals surface area contributed by atoms with Crippen LogP contribution < -0.4 is 10.6 Å². The van der Waals surface area contributed by atoms with Crippen molar-refractivity contribution in [2.24, 2.45) is 10.3 Å². The van der Waals surface area contributed by atoms with Gasteiger partial charge in [-0.1, -0.05) is 20.3 Å². The molecular weight excluding hydrogens is 488 g/mol. The third kappa shape index (κ3) is 8.04. The second-order valence-corrected chi connectivity index (χ2v) is 9.41. The van der Waals surface area contributed by atoms with Gasteiger partial charge in [0.15, 0.2) is 0 Å². The summed E-state index contributed by atoms with van der Waals surface area (Å²) in [5.41, 5.74) is -0.465. The molecule has 2 rings (SSSR count). The first-order chi connectivity index (χ1) is 17.4. The standard InChI is InChI=1S/C21H34N10O6/c1-20(2,16(26-32)6-12-28-14-10-22-18(28)30(34)35)24-8-5-9-25-21(3,4)17(27-33)7-13-29-15-11-23-19(29)31(36)37/h10-11,14-15,24-25,32-33H,5-9,12-13H2,1-4H3. The van der Waals surface area contributed by atoms with E-state index >= 15 is 0 Å². The molecule has 0 bridgehead atoms. The average Bonchev–Trinajstić information content (AvgIpc) is 3.49. The van der Waals surface area contributed by atoms with Crippen LogP contribution in [0.15, 0.2) is 35.1 Å². The van der Waals surface area contributed by atoms with Crippen LogP contribution in [0.5, 0.6) is 0 Å². The minimum Gasteiger partial charge on any atom is -0.411 e. The van der Waals surface area contributed by atoms with Crippen molar-refractivity contribution < 1.29 is 20.3 Å². The van der Waals surface area contributed by atoms with Crippen LogP contribution in [0.1, 0.15) is 47.0 Å². The largest absolute Gasteiger partial charge is 0.434 e. The van der Waals surface area contributed by atoms with Gasteiger partial charge in [0.25, 0.3) is 0 Å². The molecule has 37 heavy (non-hydrogen) atoms. The smallest absolute Gasteiger partial charge is 0.411 e. The molecule has 0 atom stereocenters. The van der Waals surface area contributed by atoms with Gasteiger partial charge in [0, 0.05) is 12.8 Å². The SMILES string of the molecule is CC(C)(NCCCNC(C)(C)C(CCn1ccnc1[N+](=O)[O-])=NO)C(CCn1ccnc1[N+](=O)[O-])=NO. The zero-order valence-corrected chi connectivity index (χ0v) is 21.4. The first kappa shape index (κ1) is 29.3. The molecule has 0 spiro atoms. The van der Waals surface area contributed by atoms with Crippen LogP contribution in [0, 0.1) is 20.2 Å². The highest BCUT2D eigenvalue weighted by Gasteiger charge is 2.28. The third-order valence-electron chi connectivity index (χ3n) is 6.06. The second kappa shape index (κ2) is 12.9. The lowest BCUT2D eigenvalue weighted by molar-refractivity contribution is -0.396. The Kier molecular flexibility index (Phi) is 10.2. The van der Waals surface area contributed by atoms with E-state index in [1.807, 2.05) is 27.7 Å². The summed E-state index contributed by atoms with van der Waals surface area (Å²) in [6, 6.07) is 0. The van der Waals surface area contributed by atoms with Gasteiger partial charge in [-0.2, -0.15) is 0 Å². The highest BCUT2D eigenvalue weighted by atomic mass is 16.6. The van der Waals surface area contributed by atoms with Gasteiger partial charge in [-0.25, -0.2) is 9.13 Å². The first-order valence-electron chi connectivity index (χ1n) is 11.7. The summed E-state index contributed by atoms with van der Waals surface area (Å²) in [7, 11) is 0. The van der Waals surface area contributed by atoms with Crippen LogP contribution in [0.4, 0.5) is 11.9 Å². The maximum Gasteiger partial charge on any atom is 0.434 e. The molecule has 0 aliphatic rings. The molecule has 0 unspecified atom stereocenters. The molecule has 0 aromatic carbocycles. The highest BCUT2D eigenvalue weighted by molar-refractivity contribution is 5.92. The fraction of sp³-hybridized carbons (Fsp3) is 0.619. The monoisotopic (exact) mass is 522 g/mol. The van der Waals surface area contributed by atoms with E-state index in [-0.39, 0.29) is 37.8 Å². The molecule has 204 valence electrons. The summed E-state index contributed by atoms with van der Waals surface area (Å²) in [6.07, 6.45) is 6.95. The first-order valence-corrected chi connectivity index (χ1v) is 11.7. The highest BCUT2D eigenvalue weighted by Crippen LogP contribution is 2.15. The van der Waals surface area contributed by atoms with Gasteiger partial charge >= 0.3 is 11.9 Å². The lowest BCUT2D eigenvalue weighted by atomic mass is 9.94. The number of oxime groups is 2.